The number of aromatic nitrogens is 1. The summed E-state index contributed by atoms with van der Waals surface area (Å²) in [7, 11) is 1.55. The Hall–Kier alpha value is -4.59. The molecule has 1 heterocycles. The van der Waals surface area contributed by atoms with Gasteiger partial charge in [-0.2, -0.15) is 0 Å². The monoisotopic (exact) mass is 485 g/mol. The van der Waals surface area contributed by atoms with E-state index < -0.39 is 12.0 Å². The minimum absolute atomic E-state index is 0.244. The number of urea groups is 1. The molecule has 0 atom stereocenters. The summed E-state index contributed by atoms with van der Waals surface area (Å²) in [4.78, 5) is 29.4. The molecule has 0 spiro atoms. The Morgan fingerprint density at radius 1 is 0.917 bits per heavy atom. The second-order valence-corrected chi connectivity index (χ2v) is 7.98. The number of aryl methyl sites for hydroxylation is 1. The predicted molar refractivity (Wildman–Crippen MR) is 140 cm³/mol. The van der Waals surface area contributed by atoms with E-state index in [4.69, 9.17) is 19.2 Å². The number of rotatable bonds is 8. The molecule has 4 aromatic rings. The number of methoxy groups -OCH3 is 1. The molecule has 8 nitrogen and oxygen atoms in total. The van der Waals surface area contributed by atoms with Crippen LogP contribution in [-0.2, 0) is 9.53 Å². The van der Waals surface area contributed by atoms with E-state index in [-0.39, 0.29) is 13.2 Å². The van der Waals surface area contributed by atoms with Crippen LogP contribution in [0.25, 0.3) is 22.2 Å². The number of benzene rings is 3. The van der Waals surface area contributed by atoms with E-state index in [0.29, 0.717) is 39.5 Å². The van der Waals surface area contributed by atoms with Gasteiger partial charge >= 0.3 is 12.0 Å². The number of fused-ring (bicyclic) bond motifs is 1. The number of hydrogen-bond donors (Lipinski definition) is 2. The maximum absolute atomic E-state index is 12.7. The molecule has 1 aromatic heterocycles. The molecule has 2 amide bonds. The van der Waals surface area contributed by atoms with E-state index >= 15 is 0 Å². The molecule has 2 N–H and O–H groups in total. The van der Waals surface area contributed by atoms with Crippen molar-refractivity contribution in [3.63, 3.8) is 0 Å². The summed E-state index contributed by atoms with van der Waals surface area (Å²) in [6, 6.07) is 21.9. The summed E-state index contributed by atoms with van der Waals surface area (Å²) in [5.74, 6) is 0.544. The molecule has 0 fully saturated rings. The van der Waals surface area contributed by atoms with Gasteiger partial charge in [-0.15, -0.1) is 0 Å². The highest BCUT2D eigenvalue weighted by Crippen LogP contribution is 2.32. The van der Waals surface area contributed by atoms with E-state index in [9.17, 15) is 9.59 Å². The summed E-state index contributed by atoms with van der Waals surface area (Å²) >= 11 is 0. The summed E-state index contributed by atoms with van der Waals surface area (Å²) in [5.41, 5.74) is 4.34. The largest absolute Gasteiger partial charge is 0.495 e. The van der Waals surface area contributed by atoms with Crippen LogP contribution < -0.4 is 20.1 Å². The first-order chi connectivity index (χ1) is 17.5. The predicted octanol–water partition coefficient (Wildman–Crippen LogP) is 5.80. The lowest BCUT2D eigenvalue weighted by Gasteiger charge is -2.14. The second-order valence-electron chi connectivity index (χ2n) is 7.98. The lowest BCUT2D eigenvalue weighted by Crippen LogP contribution is -2.20. The zero-order valence-corrected chi connectivity index (χ0v) is 20.3. The van der Waals surface area contributed by atoms with Crippen molar-refractivity contribution >= 4 is 34.3 Å². The van der Waals surface area contributed by atoms with Crippen LogP contribution in [0.4, 0.5) is 16.2 Å². The standard InChI is InChI=1S/C28H27N3O5/c1-4-35-27(32)17-36-26-16-23(19-8-6-5-7-9-19)30-22-12-11-20(15-21(22)26)29-28(33)31-24-14-18(2)10-13-25(24)34-3/h5-16H,4,17H2,1-3H3,(H2,29,31,33). The van der Waals surface area contributed by atoms with Gasteiger partial charge in [-0.1, -0.05) is 36.4 Å². The maximum atomic E-state index is 12.7. The van der Waals surface area contributed by atoms with Gasteiger partial charge in [0.2, 0.25) is 0 Å². The van der Waals surface area contributed by atoms with Crippen LogP contribution in [-0.4, -0.2) is 37.3 Å². The SMILES string of the molecule is CCOC(=O)COc1cc(-c2ccccc2)nc2ccc(NC(=O)Nc3cc(C)ccc3OC)cc12. The van der Waals surface area contributed by atoms with Crippen LogP contribution in [0.3, 0.4) is 0 Å². The molecule has 0 saturated heterocycles. The normalized spacial score (nSPS) is 10.5. The Morgan fingerprint density at radius 3 is 2.47 bits per heavy atom. The summed E-state index contributed by atoms with van der Waals surface area (Å²) < 4.78 is 16.2. The van der Waals surface area contributed by atoms with Crippen molar-refractivity contribution in [1.29, 1.82) is 0 Å². The molecule has 8 heteroatoms. The molecule has 0 aliphatic carbocycles. The minimum atomic E-state index is -0.468. The molecular formula is C28H27N3O5. The lowest BCUT2D eigenvalue weighted by atomic mass is 10.1. The number of hydrogen-bond acceptors (Lipinski definition) is 6. The second kappa shape index (κ2) is 11.2. The molecule has 0 aliphatic rings. The topological polar surface area (TPSA) is 98.8 Å². The molecule has 0 saturated carbocycles. The zero-order valence-electron chi connectivity index (χ0n) is 20.3. The highest BCUT2D eigenvalue weighted by atomic mass is 16.6. The van der Waals surface area contributed by atoms with Gasteiger partial charge in [-0.05, 0) is 49.7 Å². The van der Waals surface area contributed by atoms with Gasteiger partial charge in [0, 0.05) is 22.7 Å². The van der Waals surface area contributed by atoms with Crippen molar-refractivity contribution in [2.45, 2.75) is 13.8 Å². The van der Waals surface area contributed by atoms with Gasteiger partial charge in [-0.3, -0.25) is 0 Å². The minimum Gasteiger partial charge on any atom is -0.495 e. The average molecular weight is 486 g/mol. The summed E-state index contributed by atoms with van der Waals surface area (Å²) in [5, 5.41) is 6.29. The highest BCUT2D eigenvalue weighted by molar-refractivity contribution is 6.02. The Kier molecular flexibility index (Phi) is 7.65. The lowest BCUT2D eigenvalue weighted by molar-refractivity contribution is -0.145. The fraction of sp³-hybridized carbons (Fsp3) is 0.179. The van der Waals surface area contributed by atoms with E-state index in [1.807, 2.05) is 49.4 Å². The Bertz CT molecular complexity index is 1390. The zero-order chi connectivity index (χ0) is 25.5. The first kappa shape index (κ1) is 24.5. The number of esters is 1. The van der Waals surface area contributed by atoms with Crippen LogP contribution in [0.5, 0.6) is 11.5 Å². The van der Waals surface area contributed by atoms with Gasteiger partial charge in [0.05, 0.1) is 30.6 Å². The maximum Gasteiger partial charge on any atom is 0.344 e. The van der Waals surface area contributed by atoms with Gasteiger partial charge in [0.1, 0.15) is 11.5 Å². The molecule has 36 heavy (non-hydrogen) atoms. The molecular weight excluding hydrogens is 458 g/mol. The number of nitrogens with one attached hydrogen (secondary N) is 2. The average Bonchev–Trinajstić information content (AvgIpc) is 2.88. The third-order valence-corrected chi connectivity index (χ3v) is 5.35. The van der Waals surface area contributed by atoms with Crippen molar-refractivity contribution in [3.8, 4) is 22.8 Å². The van der Waals surface area contributed by atoms with Crippen molar-refractivity contribution in [2.75, 3.05) is 31.0 Å². The third kappa shape index (κ3) is 5.90. The molecule has 0 radical (unpaired) electrons. The van der Waals surface area contributed by atoms with Gasteiger partial charge in [0.15, 0.2) is 6.61 Å². The van der Waals surface area contributed by atoms with Crippen LogP contribution in [0.1, 0.15) is 12.5 Å². The number of ether oxygens (including phenoxy) is 3. The molecule has 0 unspecified atom stereocenters. The van der Waals surface area contributed by atoms with Crippen molar-refractivity contribution in [1.82, 2.24) is 4.98 Å². The van der Waals surface area contributed by atoms with Crippen LogP contribution >= 0.6 is 0 Å². The van der Waals surface area contributed by atoms with Crippen LogP contribution in [0, 0.1) is 6.92 Å². The van der Waals surface area contributed by atoms with Crippen molar-refractivity contribution < 1.29 is 23.8 Å². The first-order valence-corrected chi connectivity index (χ1v) is 11.5. The molecule has 184 valence electrons. The Morgan fingerprint density at radius 2 is 1.72 bits per heavy atom. The number of carbonyl (C=O) groups excluding carboxylic acids is 2. The van der Waals surface area contributed by atoms with Gasteiger partial charge < -0.3 is 24.8 Å². The fourth-order valence-corrected chi connectivity index (χ4v) is 3.69. The van der Waals surface area contributed by atoms with Crippen LogP contribution in [0.2, 0.25) is 0 Å². The first-order valence-electron chi connectivity index (χ1n) is 11.5. The van der Waals surface area contributed by atoms with Crippen LogP contribution in [0.15, 0.2) is 72.8 Å². The highest BCUT2D eigenvalue weighted by Gasteiger charge is 2.14. The molecule has 0 aliphatic heterocycles. The Balaban J connectivity index is 1.63. The smallest absolute Gasteiger partial charge is 0.344 e. The van der Waals surface area contributed by atoms with E-state index in [1.54, 1.807) is 44.4 Å². The number of anilines is 2. The Labute approximate surface area is 209 Å². The van der Waals surface area contributed by atoms with E-state index in [2.05, 4.69) is 10.6 Å². The summed E-state index contributed by atoms with van der Waals surface area (Å²) in [6.45, 7) is 3.69. The van der Waals surface area contributed by atoms with Gasteiger partial charge in [-0.25, -0.2) is 14.6 Å². The molecule has 0 bridgehead atoms. The fourth-order valence-electron chi connectivity index (χ4n) is 3.69. The molecule has 4 rings (SSSR count). The number of pyridine rings is 1. The molecule has 3 aromatic carbocycles. The quantitative estimate of drug-likeness (QED) is 0.306. The van der Waals surface area contributed by atoms with Crippen molar-refractivity contribution in [2.24, 2.45) is 0 Å². The number of carbonyl (C=O) groups is 2. The van der Waals surface area contributed by atoms with Crippen molar-refractivity contribution in [3.05, 3.63) is 78.4 Å². The van der Waals surface area contributed by atoms with E-state index in [0.717, 1.165) is 11.1 Å². The summed E-state index contributed by atoms with van der Waals surface area (Å²) in [6.07, 6.45) is 0. The number of nitrogens with zero attached hydrogens (tertiary/aromatic N) is 1. The number of amides is 2. The van der Waals surface area contributed by atoms with E-state index in [1.165, 1.54) is 0 Å². The third-order valence-electron chi connectivity index (χ3n) is 5.35. The van der Waals surface area contributed by atoms with Gasteiger partial charge in [0.25, 0.3) is 0 Å².